The number of benzene rings is 1. The van der Waals surface area contributed by atoms with Crippen LogP contribution in [0.2, 0.25) is 10.0 Å². The third-order valence-corrected chi connectivity index (χ3v) is 5.89. The lowest BCUT2D eigenvalue weighted by Gasteiger charge is -2.27. The van der Waals surface area contributed by atoms with Gasteiger partial charge in [-0.15, -0.1) is 0 Å². The number of rotatable bonds is 4. The first kappa shape index (κ1) is 20.9. The third-order valence-electron chi connectivity index (χ3n) is 5.38. The molecule has 1 aromatic heterocycles. The number of aryl methyl sites for hydroxylation is 1. The Bertz CT molecular complexity index is 1030. The molecule has 10 heteroatoms. The average Bonchev–Trinajstić information content (AvgIpc) is 3.47. The Morgan fingerprint density at radius 3 is 2.70 bits per heavy atom. The molecule has 3 unspecified atom stereocenters. The molecule has 0 saturated heterocycles. The van der Waals surface area contributed by atoms with Gasteiger partial charge in [0.1, 0.15) is 0 Å². The summed E-state index contributed by atoms with van der Waals surface area (Å²) < 4.78 is 39.2. The van der Waals surface area contributed by atoms with Gasteiger partial charge in [0.15, 0.2) is 5.78 Å². The number of amides is 1. The first-order chi connectivity index (χ1) is 14.1. The first-order valence-corrected chi connectivity index (χ1v) is 10.0. The van der Waals surface area contributed by atoms with E-state index in [4.69, 9.17) is 23.2 Å². The molecule has 1 aliphatic carbocycles. The van der Waals surface area contributed by atoms with Crippen molar-refractivity contribution in [2.75, 3.05) is 10.6 Å². The summed E-state index contributed by atoms with van der Waals surface area (Å²) in [5.41, 5.74) is 0.174. The van der Waals surface area contributed by atoms with Crippen molar-refractivity contribution in [1.82, 2.24) is 4.98 Å². The van der Waals surface area contributed by atoms with Crippen LogP contribution >= 0.6 is 23.2 Å². The molecule has 158 valence electrons. The molecule has 0 spiro atoms. The Balaban J connectivity index is 1.41. The summed E-state index contributed by atoms with van der Waals surface area (Å²) in [4.78, 5) is 28.7. The second-order valence-corrected chi connectivity index (χ2v) is 8.26. The summed E-state index contributed by atoms with van der Waals surface area (Å²) in [5, 5.41) is 6.34. The molecule has 1 saturated carbocycles. The Morgan fingerprint density at radius 2 is 1.97 bits per heavy atom. The number of alkyl halides is 3. The van der Waals surface area contributed by atoms with Crippen molar-refractivity contribution in [1.29, 1.82) is 0 Å². The standard InChI is InChI=1S/C20H16Cl2F3N3O2/c21-10-5-9-1-2-16(27-17(9)14(22)6-10)18(29)11-7-12(11)19(30)28-15-3-4-26-8-13(15)20(23,24)25/h3-6,8,11-12,16,27H,1-2,7H2,(H,26,28,30). The van der Waals surface area contributed by atoms with Gasteiger partial charge in [-0.25, -0.2) is 0 Å². The van der Waals surface area contributed by atoms with E-state index >= 15 is 0 Å². The maximum Gasteiger partial charge on any atom is 0.419 e. The molecular weight excluding hydrogens is 442 g/mol. The van der Waals surface area contributed by atoms with Crippen molar-refractivity contribution in [3.05, 3.63) is 51.8 Å². The number of ketones is 1. The minimum atomic E-state index is -4.64. The zero-order chi connectivity index (χ0) is 21.6. The van der Waals surface area contributed by atoms with Crippen molar-refractivity contribution in [3.63, 3.8) is 0 Å². The van der Waals surface area contributed by atoms with Crippen molar-refractivity contribution in [2.24, 2.45) is 11.8 Å². The van der Waals surface area contributed by atoms with Gasteiger partial charge in [-0.1, -0.05) is 23.2 Å². The number of nitrogens with zero attached hydrogens (tertiary/aromatic N) is 1. The Kier molecular flexibility index (Phi) is 5.40. The molecule has 0 radical (unpaired) electrons. The summed E-state index contributed by atoms with van der Waals surface area (Å²) in [5.74, 6) is -1.94. The zero-order valence-corrected chi connectivity index (χ0v) is 16.9. The van der Waals surface area contributed by atoms with Crippen LogP contribution in [0.4, 0.5) is 24.5 Å². The summed E-state index contributed by atoms with van der Waals surface area (Å²) in [6, 6.07) is 3.96. The summed E-state index contributed by atoms with van der Waals surface area (Å²) in [6.45, 7) is 0. The number of halogens is 5. The first-order valence-electron chi connectivity index (χ1n) is 9.25. The molecule has 3 atom stereocenters. The number of carbonyl (C=O) groups excluding carboxylic acids is 2. The number of fused-ring (bicyclic) bond motifs is 1. The highest BCUT2D eigenvalue weighted by Gasteiger charge is 2.50. The van der Waals surface area contributed by atoms with Crippen molar-refractivity contribution >= 4 is 46.3 Å². The number of Topliss-reactive ketones (excluding diaryl/α,β-unsaturated/α-hetero) is 1. The van der Waals surface area contributed by atoms with Crippen LogP contribution in [0.1, 0.15) is 24.0 Å². The van der Waals surface area contributed by atoms with Gasteiger partial charge in [-0.05, 0) is 43.0 Å². The normalized spacial score (nSPS) is 22.6. The highest BCUT2D eigenvalue weighted by molar-refractivity contribution is 6.36. The molecule has 1 amide bonds. The number of hydrogen-bond donors (Lipinski definition) is 2. The van der Waals surface area contributed by atoms with Gasteiger partial charge < -0.3 is 10.6 Å². The fourth-order valence-corrected chi connectivity index (χ4v) is 4.35. The molecule has 2 N–H and O–H groups in total. The summed E-state index contributed by atoms with van der Waals surface area (Å²) in [7, 11) is 0. The Hall–Kier alpha value is -2.32. The summed E-state index contributed by atoms with van der Waals surface area (Å²) >= 11 is 12.2. The van der Waals surface area contributed by atoms with Crippen LogP contribution in [0.5, 0.6) is 0 Å². The fraction of sp³-hybridized carbons (Fsp3) is 0.350. The van der Waals surface area contributed by atoms with E-state index in [0.717, 1.165) is 11.6 Å². The maximum atomic E-state index is 13.1. The molecular formula is C20H16Cl2F3N3O2. The van der Waals surface area contributed by atoms with Crippen molar-refractivity contribution in [2.45, 2.75) is 31.5 Å². The van der Waals surface area contributed by atoms with E-state index in [1.165, 1.54) is 6.20 Å². The molecule has 1 aliphatic heterocycles. The highest BCUT2D eigenvalue weighted by atomic mass is 35.5. The topological polar surface area (TPSA) is 71.1 Å². The number of hydrogen-bond acceptors (Lipinski definition) is 4. The molecule has 2 heterocycles. The van der Waals surface area contributed by atoms with Gasteiger partial charge in [0.25, 0.3) is 0 Å². The van der Waals surface area contributed by atoms with Gasteiger partial charge in [-0.2, -0.15) is 13.2 Å². The largest absolute Gasteiger partial charge is 0.419 e. The maximum absolute atomic E-state index is 13.1. The van der Waals surface area contributed by atoms with E-state index in [-0.39, 0.29) is 11.5 Å². The van der Waals surface area contributed by atoms with Gasteiger partial charge in [0.2, 0.25) is 5.91 Å². The lowest BCUT2D eigenvalue weighted by molar-refractivity contribution is -0.137. The smallest absolute Gasteiger partial charge is 0.374 e. The fourth-order valence-electron chi connectivity index (χ4n) is 3.76. The van der Waals surface area contributed by atoms with E-state index in [2.05, 4.69) is 15.6 Å². The van der Waals surface area contributed by atoms with Crippen LogP contribution in [0.3, 0.4) is 0 Å². The minimum absolute atomic E-state index is 0.141. The predicted octanol–water partition coefficient (Wildman–Crippen LogP) is 4.98. The zero-order valence-electron chi connectivity index (χ0n) is 15.4. The molecule has 2 aliphatic rings. The molecule has 4 rings (SSSR count). The van der Waals surface area contributed by atoms with Crippen LogP contribution < -0.4 is 10.6 Å². The van der Waals surface area contributed by atoms with Crippen molar-refractivity contribution < 1.29 is 22.8 Å². The van der Waals surface area contributed by atoms with Crippen LogP contribution in [0.25, 0.3) is 0 Å². The van der Waals surface area contributed by atoms with Crippen LogP contribution in [-0.2, 0) is 22.2 Å². The molecule has 30 heavy (non-hydrogen) atoms. The SMILES string of the molecule is O=C(Nc1ccncc1C(F)(F)F)C1CC1C(=O)C1CCc2cc(Cl)cc(Cl)c2N1. The van der Waals surface area contributed by atoms with Gasteiger partial charge in [0.05, 0.1) is 28.0 Å². The van der Waals surface area contributed by atoms with Crippen LogP contribution in [-0.4, -0.2) is 22.7 Å². The van der Waals surface area contributed by atoms with Crippen LogP contribution in [0, 0.1) is 11.8 Å². The Morgan fingerprint density at radius 1 is 1.20 bits per heavy atom. The molecule has 5 nitrogen and oxygen atoms in total. The van der Waals surface area contributed by atoms with Gasteiger partial charge in [0, 0.05) is 29.3 Å². The quantitative estimate of drug-likeness (QED) is 0.679. The molecule has 0 bridgehead atoms. The Labute approximate surface area is 180 Å². The molecule has 1 aromatic carbocycles. The number of anilines is 2. The second-order valence-electron chi connectivity index (χ2n) is 7.42. The lowest BCUT2D eigenvalue weighted by Crippen LogP contribution is -2.35. The van der Waals surface area contributed by atoms with E-state index in [9.17, 15) is 22.8 Å². The minimum Gasteiger partial charge on any atom is -0.374 e. The third kappa shape index (κ3) is 4.11. The number of pyridine rings is 1. The van der Waals surface area contributed by atoms with E-state index in [1.807, 2.05) is 0 Å². The molecule has 2 aromatic rings. The van der Waals surface area contributed by atoms with Crippen LogP contribution in [0.15, 0.2) is 30.6 Å². The second kappa shape index (κ2) is 7.74. The monoisotopic (exact) mass is 457 g/mol. The number of carbonyl (C=O) groups is 2. The number of aromatic nitrogens is 1. The van der Waals surface area contributed by atoms with Gasteiger partial charge >= 0.3 is 6.18 Å². The van der Waals surface area contributed by atoms with E-state index in [1.54, 1.807) is 12.1 Å². The van der Waals surface area contributed by atoms with Gasteiger partial charge in [-0.3, -0.25) is 14.6 Å². The molecule has 1 fully saturated rings. The van der Waals surface area contributed by atoms with Crippen molar-refractivity contribution in [3.8, 4) is 0 Å². The summed E-state index contributed by atoms with van der Waals surface area (Å²) in [6.07, 6.45) is -1.39. The van der Waals surface area contributed by atoms with E-state index in [0.29, 0.717) is 41.2 Å². The lowest BCUT2D eigenvalue weighted by atomic mass is 9.93. The highest BCUT2D eigenvalue weighted by Crippen LogP contribution is 2.44. The average molecular weight is 458 g/mol. The predicted molar refractivity (Wildman–Crippen MR) is 107 cm³/mol. The number of nitrogens with one attached hydrogen (secondary N) is 2. The van der Waals surface area contributed by atoms with E-state index < -0.39 is 35.5 Å².